The highest BCUT2D eigenvalue weighted by molar-refractivity contribution is 6.08. The third-order valence-corrected chi connectivity index (χ3v) is 4.10. The predicted octanol–water partition coefficient (Wildman–Crippen LogP) is 0.972. The van der Waals surface area contributed by atoms with Gasteiger partial charge in [-0.1, -0.05) is 13.0 Å². The van der Waals surface area contributed by atoms with Crippen molar-refractivity contribution in [3.05, 3.63) is 41.4 Å². The van der Waals surface area contributed by atoms with Gasteiger partial charge in [0.15, 0.2) is 0 Å². The quantitative estimate of drug-likeness (QED) is 0.691. The number of methoxy groups -OCH3 is 1. The van der Waals surface area contributed by atoms with E-state index >= 15 is 0 Å². The fourth-order valence-corrected chi connectivity index (χ4v) is 2.74. The number of rotatable bonds is 7. The number of β-amino-alcohol motifs (C(OH)–C–C–N with tert-alkyl or cyclic N) is 1. The van der Waals surface area contributed by atoms with E-state index in [0.717, 1.165) is 0 Å². The van der Waals surface area contributed by atoms with E-state index in [1.54, 1.807) is 18.2 Å². The number of aliphatic hydroxyl groups is 1. The minimum Gasteiger partial charge on any atom is -0.466 e. The first-order valence-corrected chi connectivity index (χ1v) is 8.48. The van der Waals surface area contributed by atoms with Crippen LogP contribution in [0.1, 0.15) is 12.8 Å². The van der Waals surface area contributed by atoms with Crippen LogP contribution in [-0.4, -0.2) is 58.9 Å². The number of nitrogens with zero attached hydrogens (tertiary/aromatic N) is 3. The minimum absolute atomic E-state index is 0.0810. The minimum atomic E-state index is -0.591. The molecule has 1 aromatic heterocycles. The molecule has 2 N–H and O–H groups in total. The van der Waals surface area contributed by atoms with Crippen molar-refractivity contribution in [3.63, 3.8) is 0 Å². The summed E-state index contributed by atoms with van der Waals surface area (Å²) in [5.41, 5.74) is 1.61. The lowest BCUT2D eigenvalue weighted by Gasteiger charge is -2.15. The average Bonchev–Trinajstić information content (AvgIpc) is 3.28. The Morgan fingerprint density at radius 2 is 2.22 bits per heavy atom. The first kappa shape index (κ1) is 18.6. The topological polar surface area (TPSA) is 118 Å². The summed E-state index contributed by atoms with van der Waals surface area (Å²) in [4.78, 5) is 26.0. The van der Waals surface area contributed by atoms with Crippen molar-refractivity contribution >= 4 is 17.6 Å². The highest BCUT2D eigenvalue weighted by Gasteiger charge is 2.34. The lowest BCUT2D eigenvalue weighted by molar-refractivity contribution is -0.136. The number of anilines is 1. The number of aryl methyl sites for hydroxylation is 1. The Morgan fingerprint density at radius 1 is 1.41 bits per heavy atom. The summed E-state index contributed by atoms with van der Waals surface area (Å²) in [7, 11) is 1.26. The molecule has 0 saturated carbocycles. The number of hydrogen-bond donors (Lipinski definition) is 2. The smallest absolute Gasteiger partial charge is 0.337 e. The molecule has 0 radical (unpaired) electrons. The largest absolute Gasteiger partial charge is 0.466 e. The molecule has 0 spiro atoms. The summed E-state index contributed by atoms with van der Waals surface area (Å²) in [6.45, 7) is 1.93. The third-order valence-electron chi connectivity index (χ3n) is 4.10. The van der Waals surface area contributed by atoms with Crippen LogP contribution in [0.3, 0.4) is 0 Å². The molecule has 0 fully saturated rings. The van der Waals surface area contributed by atoms with Crippen LogP contribution in [0.5, 0.6) is 0 Å². The van der Waals surface area contributed by atoms with Gasteiger partial charge in [-0.2, -0.15) is 0 Å². The Balaban J connectivity index is 1.89. The predicted molar refractivity (Wildman–Crippen MR) is 95.4 cm³/mol. The molecule has 1 amide bonds. The maximum Gasteiger partial charge on any atom is 0.337 e. The molecule has 2 aromatic rings. The summed E-state index contributed by atoms with van der Waals surface area (Å²) in [6.07, 6.45) is 0.634. The molecule has 1 aliphatic rings. The molecular weight excluding hydrogens is 352 g/mol. The highest BCUT2D eigenvalue weighted by Crippen LogP contribution is 2.26. The molecule has 0 saturated heterocycles. The van der Waals surface area contributed by atoms with Gasteiger partial charge in [0.05, 0.1) is 25.8 Å². The van der Waals surface area contributed by atoms with Gasteiger partial charge in [0.1, 0.15) is 5.70 Å². The maximum atomic E-state index is 12.6. The molecule has 0 aliphatic carbocycles. The average molecular weight is 372 g/mol. The Labute approximate surface area is 155 Å². The first-order valence-electron chi connectivity index (χ1n) is 8.48. The van der Waals surface area contributed by atoms with E-state index in [1.165, 1.54) is 12.0 Å². The number of carbonyl (C=O) groups excluding carboxylic acids is 2. The van der Waals surface area contributed by atoms with Crippen LogP contribution < -0.4 is 5.32 Å². The highest BCUT2D eigenvalue weighted by atomic mass is 16.5. The van der Waals surface area contributed by atoms with Crippen LogP contribution in [0.2, 0.25) is 0 Å². The van der Waals surface area contributed by atoms with Crippen LogP contribution in [0.15, 0.2) is 40.0 Å². The lowest BCUT2D eigenvalue weighted by atomic mass is 10.2. The van der Waals surface area contributed by atoms with E-state index in [0.29, 0.717) is 29.5 Å². The lowest BCUT2D eigenvalue weighted by Crippen LogP contribution is -2.31. The molecule has 142 valence electrons. The number of ether oxygens (including phenoxy) is 1. The second-order valence-electron chi connectivity index (χ2n) is 5.86. The zero-order valence-corrected chi connectivity index (χ0v) is 15.1. The van der Waals surface area contributed by atoms with E-state index in [9.17, 15) is 9.59 Å². The summed E-state index contributed by atoms with van der Waals surface area (Å²) in [5.74, 6) is -0.0603. The summed E-state index contributed by atoms with van der Waals surface area (Å²) < 4.78 is 10.3. The second kappa shape index (κ2) is 8.00. The number of aromatic nitrogens is 2. The van der Waals surface area contributed by atoms with Crippen molar-refractivity contribution in [2.45, 2.75) is 13.3 Å². The van der Waals surface area contributed by atoms with Gasteiger partial charge < -0.3 is 24.5 Å². The van der Waals surface area contributed by atoms with E-state index in [4.69, 9.17) is 14.3 Å². The van der Waals surface area contributed by atoms with E-state index in [2.05, 4.69) is 15.5 Å². The molecule has 0 unspecified atom stereocenters. The summed E-state index contributed by atoms with van der Waals surface area (Å²) >= 11 is 0. The Hall–Kier alpha value is -3.20. The number of nitrogens with one attached hydrogen (secondary N) is 1. The van der Waals surface area contributed by atoms with Crippen LogP contribution in [0.4, 0.5) is 5.69 Å². The van der Waals surface area contributed by atoms with E-state index in [-0.39, 0.29) is 36.9 Å². The summed E-state index contributed by atoms with van der Waals surface area (Å²) in [5, 5.41) is 20.1. The van der Waals surface area contributed by atoms with Crippen molar-refractivity contribution in [1.29, 1.82) is 0 Å². The normalized spacial score (nSPS) is 14.0. The number of esters is 1. The molecular formula is C18H20N4O5. The van der Waals surface area contributed by atoms with Crippen molar-refractivity contribution in [2.75, 3.05) is 32.1 Å². The Bertz CT molecular complexity index is 889. The van der Waals surface area contributed by atoms with Gasteiger partial charge >= 0.3 is 5.97 Å². The number of amides is 1. The van der Waals surface area contributed by atoms with Crippen LogP contribution >= 0.6 is 0 Å². The zero-order valence-electron chi connectivity index (χ0n) is 15.1. The third kappa shape index (κ3) is 3.82. The summed E-state index contributed by atoms with van der Waals surface area (Å²) in [6, 6.07) is 7.08. The van der Waals surface area contributed by atoms with E-state index < -0.39 is 5.97 Å². The van der Waals surface area contributed by atoms with E-state index in [1.807, 2.05) is 13.0 Å². The van der Waals surface area contributed by atoms with Crippen molar-refractivity contribution in [2.24, 2.45) is 0 Å². The van der Waals surface area contributed by atoms with Crippen molar-refractivity contribution < 1.29 is 23.8 Å². The Kier molecular flexibility index (Phi) is 5.51. The van der Waals surface area contributed by atoms with Crippen LogP contribution in [-0.2, 0) is 20.7 Å². The van der Waals surface area contributed by atoms with Crippen molar-refractivity contribution in [3.8, 4) is 11.5 Å². The maximum absolute atomic E-state index is 12.6. The van der Waals surface area contributed by atoms with Gasteiger partial charge in [-0.25, -0.2) is 4.79 Å². The number of benzene rings is 1. The first-order chi connectivity index (χ1) is 13.1. The second-order valence-corrected chi connectivity index (χ2v) is 5.86. The van der Waals surface area contributed by atoms with Gasteiger partial charge in [-0.15, -0.1) is 10.2 Å². The number of hydrogen-bond acceptors (Lipinski definition) is 8. The van der Waals surface area contributed by atoms with Gasteiger partial charge in [-0.3, -0.25) is 4.79 Å². The molecule has 0 bridgehead atoms. The standard InChI is InChI=1S/C18H20N4O5/c1-3-14-20-21-16(27-14)11-5-4-6-12(9-11)19-15-13(18(25)26-2)10-22(7-8-23)17(15)24/h4-6,9,19,23H,3,7-8,10H2,1-2H3. The molecule has 9 heteroatoms. The SMILES string of the molecule is CCc1nnc(-c2cccc(NC3=C(C(=O)OC)CN(CCO)C3=O)c2)o1. The zero-order chi connectivity index (χ0) is 19.4. The van der Waals surface area contributed by atoms with Gasteiger partial charge in [0.25, 0.3) is 5.91 Å². The van der Waals surface area contributed by atoms with Gasteiger partial charge in [-0.05, 0) is 18.2 Å². The molecule has 2 heterocycles. The van der Waals surface area contributed by atoms with Gasteiger partial charge in [0, 0.05) is 24.2 Å². The number of aliphatic hydroxyl groups excluding tert-OH is 1. The molecule has 1 aliphatic heterocycles. The Morgan fingerprint density at radius 3 is 2.89 bits per heavy atom. The molecule has 0 atom stereocenters. The van der Waals surface area contributed by atoms with Crippen LogP contribution in [0, 0.1) is 0 Å². The number of carbonyl (C=O) groups is 2. The molecule has 27 heavy (non-hydrogen) atoms. The monoisotopic (exact) mass is 372 g/mol. The fraction of sp³-hybridized carbons (Fsp3) is 0.333. The molecule has 3 rings (SSSR count). The molecule has 9 nitrogen and oxygen atoms in total. The van der Waals surface area contributed by atoms with Gasteiger partial charge in [0.2, 0.25) is 11.8 Å². The van der Waals surface area contributed by atoms with Crippen molar-refractivity contribution in [1.82, 2.24) is 15.1 Å². The molecule has 1 aromatic carbocycles. The van der Waals surface area contributed by atoms with Crippen LogP contribution in [0.25, 0.3) is 11.5 Å². The fourth-order valence-electron chi connectivity index (χ4n) is 2.74.